The smallest absolute Gasteiger partial charge is 0.260 e. The van der Waals surface area contributed by atoms with Crippen molar-refractivity contribution in [3.63, 3.8) is 0 Å². The van der Waals surface area contributed by atoms with Gasteiger partial charge in [0.05, 0.1) is 19.1 Å². The molecule has 0 spiro atoms. The second-order valence-electron chi connectivity index (χ2n) is 4.38. The molecule has 0 amide bonds. The number of nitrogens with two attached hydrogens (primary N) is 1. The molecule has 0 bridgehead atoms. The molecule has 0 radical (unpaired) electrons. The molecule has 0 fully saturated rings. The number of sulfonamides is 1. The van der Waals surface area contributed by atoms with Gasteiger partial charge >= 0.3 is 0 Å². The molecule has 7 heteroatoms. The van der Waals surface area contributed by atoms with Crippen LogP contribution in [0.5, 0.6) is 0 Å². The largest absolute Gasteiger partial charge is 0.335 e. The summed E-state index contributed by atoms with van der Waals surface area (Å²) in [6, 6.07) is 7.40. The molecule has 21 heavy (non-hydrogen) atoms. The summed E-state index contributed by atoms with van der Waals surface area (Å²) in [5, 5.41) is 0.0732. The van der Waals surface area contributed by atoms with Crippen LogP contribution in [-0.2, 0) is 16.6 Å². The Labute approximate surface area is 124 Å². The first-order valence-corrected chi connectivity index (χ1v) is 7.70. The summed E-state index contributed by atoms with van der Waals surface area (Å²) in [7, 11) is -2.04. The van der Waals surface area contributed by atoms with Crippen molar-refractivity contribution in [2.24, 2.45) is 5.73 Å². The standard InChI is InChI=1S/C14H16N4O2S/c1-18(21(19,20)14-9-16-11-17-14)10-13-5-2-4-12(8-13)6-3-7-15/h2,4-5,8-9,11H,7,10,15H2,1H3,(H,16,17). The fourth-order valence-electron chi connectivity index (χ4n) is 1.79. The van der Waals surface area contributed by atoms with E-state index >= 15 is 0 Å². The first-order chi connectivity index (χ1) is 10.0. The van der Waals surface area contributed by atoms with Crippen molar-refractivity contribution in [2.45, 2.75) is 11.6 Å². The highest BCUT2D eigenvalue weighted by molar-refractivity contribution is 7.89. The quantitative estimate of drug-likeness (QED) is 0.806. The third-order valence-electron chi connectivity index (χ3n) is 2.83. The molecule has 1 heterocycles. The van der Waals surface area contributed by atoms with E-state index in [0.29, 0.717) is 6.54 Å². The number of nitrogens with one attached hydrogen (secondary N) is 1. The lowest BCUT2D eigenvalue weighted by Gasteiger charge is -2.16. The van der Waals surface area contributed by atoms with Crippen molar-refractivity contribution in [3.8, 4) is 11.8 Å². The van der Waals surface area contributed by atoms with Crippen LogP contribution in [0.2, 0.25) is 0 Å². The lowest BCUT2D eigenvalue weighted by atomic mass is 10.1. The van der Waals surface area contributed by atoms with Crippen molar-refractivity contribution in [1.82, 2.24) is 14.3 Å². The number of hydrogen-bond acceptors (Lipinski definition) is 4. The highest BCUT2D eigenvalue weighted by Crippen LogP contribution is 2.14. The van der Waals surface area contributed by atoms with Crippen LogP contribution >= 0.6 is 0 Å². The number of aromatic amines is 1. The molecule has 0 aliphatic rings. The minimum absolute atomic E-state index is 0.0732. The molecular weight excluding hydrogens is 288 g/mol. The molecule has 1 aromatic carbocycles. The zero-order valence-corrected chi connectivity index (χ0v) is 12.4. The maximum Gasteiger partial charge on any atom is 0.260 e. The summed E-state index contributed by atoms with van der Waals surface area (Å²) in [5.41, 5.74) is 7.00. The Morgan fingerprint density at radius 3 is 2.90 bits per heavy atom. The van der Waals surface area contributed by atoms with Crippen LogP contribution in [0.25, 0.3) is 0 Å². The summed E-state index contributed by atoms with van der Waals surface area (Å²) in [6.07, 6.45) is 2.62. The third-order valence-corrected chi connectivity index (χ3v) is 4.56. The minimum atomic E-state index is -3.56. The van der Waals surface area contributed by atoms with E-state index in [9.17, 15) is 8.42 Å². The second kappa shape index (κ2) is 6.54. The van der Waals surface area contributed by atoms with Gasteiger partial charge in [0.15, 0.2) is 5.03 Å². The summed E-state index contributed by atoms with van der Waals surface area (Å²) >= 11 is 0. The predicted molar refractivity (Wildman–Crippen MR) is 79.6 cm³/mol. The number of hydrogen-bond donors (Lipinski definition) is 2. The zero-order chi connectivity index (χ0) is 15.3. The van der Waals surface area contributed by atoms with Gasteiger partial charge in [-0.1, -0.05) is 24.0 Å². The molecule has 0 aliphatic carbocycles. The number of imidazole rings is 1. The Balaban J connectivity index is 2.18. The van der Waals surface area contributed by atoms with Crippen LogP contribution in [0.15, 0.2) is 41.8 Å². The molecule has 0 unspecified atom stereocenters. The lowest BCUT2D eigenvalue weighted by molar-refractivity contribution is 0.464. The minimum Gasteiger partial charge on any atom is -0.335 e. The molecule has 110 valence electrons. The van der Waals surface area contributed by atoms with Crippen LogP contribution < -0.4 is 5.73 Å². The Morgan fingerprint density at radius 1 is 1.43 bits per heavy atom. The van der Waals surface area contributed by atoms with Gasteiger partial charge in [0.25, 0.3) is 10.0 Å². The Bertz CT molecular complexity index is 758. The maximum absolute atomic E-state index is 12.3. The van der Waals surface area contributed by atoms with E-state index in [-0.39, 0.29) is 11.6 Å². The topological polar surface area (TPSA) is 92.1 Å². The Morgan fingerprint density at radius 2 is 2.24 bits per heavy atom. The molecule has 3 N–H and O–H groups in total. The van der Waals surface area contributed by atoms with E-state index in [1.54, 1.807) is 0 Å². The summed E-state index contributed by atoms with van der Waals surface area (Å²) in [4.78, 5) is 6.34. The highest BCUT2D eigenvalue weighted by atomic mass is 32.2. The average Bonchev–Trinajstić information content (AvgIpc) is 3.00. The molecule has 0 aliphatic heterocycles. The summed E-state index contributed by atoms with van der Waals surface area (Å²) in [5.74, 6) is 5.70. The third kappa shape index (κ3) is 3.70. The Hall–Kier alpha value is -2.14. The fraction of sp³-hybridized carbons (Fsp3) is 0.214. The lowest BCUT2D eigenvalue weighted by Crippen LogP contribution is -2.26. The van der Waals surface area contributed by atoms with Crippen LogP contribution in [0, 0.1) is 11.8 Å². The normalized spacial score (nSPS) is 11.2. The summed E-state index contributed by atoms with van der Waals surface area (Å²) < 4.78 is 25.8. The van der Waals surface area contributed by atoms with Gasteiger partial charge < -0.3 is 10.7 Å². The number of aromatic nitrogens is 2. The van der Waals surface area contributed by atoms with Crippen molar-refractivity contribution in [1.29, 1.82) is 0 Å². The predicted octanol–water partition coefficient (Wildman–Crippen LogP) is 0.541. The molecule has 0 atom stereocenters. The van der Waals surface area contributed by atoms with Crippen molar-refractivity contribution in [3.05, 3.63) is 47.9 Å². The van der Waals surface area contributed by atoms with E-state index in [1.165, 1.54) is 23.9 Å². The van der Waals surface area contributed by atoms with Crippen molar-refractivity contribution in [2.75, 3.05) is 13.6 Å². The highest BCUT2D eigenvalue weighted by Gasteiger charge is 2.22. The number of benzene rings is 1. The summed E-state index contributed by atoms with van der Waals surface area (Å²) in [6.45, 7) is 0.540. The van der Waals surface area contributed by atoms with Crippen molar-refractivity contribution >= 4 is 10.0 Å². The molecule has 2 rings (SSSR count). The average molecular weight is 304 g/mol. The molecular formula is C14H16N4O2S. The van der Waals surface area contributed by atoms with Crippen LogP contribution in [0.3, 0.4) is 0 Å². The van der Waals surface area contributed by atoms with Crippen molar-refractivity contribution < 1.29 is 8.42 Å². The van der Waals surface area contributed by atoms with E-state index < -0.39 is 10.0 Å². The maximum atomic E-state index is 12.3. The van der Waals surface area contributed by atoms with Crippen LogP contribution in [-0.4, -0.2) is 36.3 Å². The zero-order valence-electron chi connectivity index (χ0n) is 11.6. The molecule has 1 aromatic heterocycles. The van der Waals surface area contributed by atoms with Gasteiger partial charge in [0, 0.05) is 19.2 Å². The van der Waals surface area contributed by atoms with Gasteiger partial charge in [0.2, 0.25) is 0 Å². The number of H-pyrrole nitrogens is 1. The van der Waals surface area contributed by atoms with Gasteiger partial charge in [-0.25, -0.2) is 13.4 Å². The van der Waals surface area contributed by atoms with Crippen LogP contribution in [0.1, 0.15) is 11.1 Å². The monoisotopic (exact) mass is 304 g/mol. The molecule has 0 saturated heterocycles. The fourth-order valence-corrected chi connectivity index (χ4v) is 2.85. The SMILES string of the molecule is CN(Cc1cccc(C#CCN)c1)S(=O)(=O)c1cnc[nH]1. The first kappa shape index (κ1) is 15.3. The van der Waals surface area contributed by atoms with E-state index in [1.807, 2.05) is 24.3 Å². The molecule has 6 nitrogen and oxygen atoms in total. The van der Waals surface area contributed by atoms with Gasteiger partial charge in [0.1, 0.15) is 0 Å². The van der Waals surface area contributed by atoms with Gasteiger partial charge in [-0.05, 0) is 17.7 Å². The van der Waals surface area contributed by atoms with E-state index in [2.05, 4.69) is 21.8 Å². The molecule has 0 saturated carbocycles. The van der Waals surface area contributed by atoms with E-state index in [4.69, 9.17) is 5.73 Å². The molecule has 2 aromatic rings. The van der Waals surface area contributed by atoms with Crippen LogP contribution in [0.4, 0.5) is 0 Å². The second-order valence-corrected chi connectivity index (χ2v) is 6.40. The first-order valence-electron chi connectivity index (χ1n) is 6.26. The van der Waals surface area contributed by atoms with E-state index in [0.717, 1.165) is 11.1 Å². The van der Waals surface area contributed by atoms with Gasteiger partial charge in [-0.2, -0.15) is 4.31 Å². The Kier molecular flexibility index (Phi) is 4.75. The van der Waals surface area contributed by atoms with Gasteiger partial charge in [-0.3, -0.25) is 0 Å². The van der Waals surface area contributed by atoms with Gasteiger partial charge in [-0.15, -0.1) is 0 Å². The number of nitrogens with zero attached hydrogens (tertiary/aromatic N) is 2. The number of rotatable bonds is 4.